The molecule has 0 unspecified atom stereocenters. The highest BCUT2D eigenvalue weighted by Gasteiger charge is 2.20. The Morgan fingerprint density at radius 1 is 1.08 bits per heavy atom. The number of fused-ring (bicyclic) bond motifs is 1. The van der Waals surface area contributed by atoms with Crippen LogP contribution in [0.5, 0.6) is 5.88 Å². The molecule has 0 saturated carbocycles. The summed E-state index contributed by atoms with van der Waals surface area (Å²) in [5, 5.41) is 7.38. The number of aryl methyl sites for hydroxylation is 2. The van der Waals surface area contributed by atoms with Crippen LogP contribution in [0.1, 0.15) is 26.7 Å². The Hall–Kier alpha value is -3.28. The van der Waals surface area contributed by atoms with Crippen molar-refractivity contribution in [3.05, 3.63) is 54.1 Å². The molecular weight excluding hydrogens is 545 g/mol. The molecule has 0 atom stereocenters. The number of aromatic amines is 1. The quantitative estimate of drug-likeness (QED) is 0.293. The fourth-order valence-electron chi connectivity index (χ4n) is 3.82. The standard InChI is InChI=1S/C23H24Cl3N7O4/c1-4-8-32-21-19(22(35)33(9-5-2)23(32)36)28-20(29-21)14-10-16(30-31(14)3)37-11-15(34)27-13-7-6-12(24)17(25)18(13)26/h6-7,10H,4-5,8-9,11H2,1-3H3,(H,27,34)(H,28,29). The van der Waals surface area contributed by atoms with Crippen molar-refractivity contribution in [1.29, 1.82) is 0 Å². The molecule has 3 heterocycles. The third-order valence-electron chi connectivity index (χ3n) is 5.52. The van der Waals surface area contributed by atoms with Crippen molar-refractivity contribution in [1.82, 2.24) is 28.9 Å². The number of H-pyrrole nitrogens is 1. The number of hydrogen-bond donors (Lipinski definition) is 2. The second-order valence-electron chi connectivity index (χ2n) is 8.23. The number of benzene rings is 1. The van der Waals surface area contributed by atoms with E-state index in [1.54, 1.807) is 13.1 Å². The largest absolute Gasteiger partial charge is 0.466 e. The SMILES string of the molecule is CCCn1c(=O)c2[nH]c(-c3cc(OCC(=O)Nc4ccc(Cl)c(Cl)c4Cl)nn3C)nc2n(CCC)c1=O. The number of nitrogens with one attached hydrogen (secondary N) is 2. The second kappa shape index (κ2) is 11.0. The maximum atomic E-state index is 13.0. The number of carbonyl (C=O) groups is 1. The summed E-state index contributed by atoms with van der Waals surface area (Å²) in [6.07, 6.45) is 1.34. The van der Waals surface area contributed by atoms with Gasteiger partial charge in [-0.15, -0.1) is 5.10 Å². The number of hydrogen-bond acceptors (Lipinski definition) is 6. The van der Waals surface area contributed by atoms with Gasteiger partial charge in [-0.3, -0.25) is 23.4 Å². The lowest BCUT2D eigenvalue weighted by Gasteiger charge is -2.09. The number of carbonyl (C=O) groups excluding carboxylic acids is 1. The normalized spacial score (nSPS) is 11.3. The third-order valence-corrected chi connectivity index (χ3v) is 6.81. The summed E-state index contributed by atoms with van der Waals surface area (Å²) >= 11 is 18.0. The highest BCUT2D eigenvalue weighted by Crippen LogP contribution is 2.35. The Kier molecular flexibility index (Phi) is 7.96. The van der Waals surface area contributed by atoms with Gasteiger partial charge in [0.25, 0.3) is 11.5 Å². The van der Waals surface area contributed by atoms with Crippen molar-refractivity contribution in [2.24, 2.45) is 7.05 Å². The van der Waals surface area contributed by atoms with Gasteiger partial charge in [-0.05, 0) is 25.0 Å². The van der Waals surface area contributed by atoms with Crippen LogP contribution in [0.3, 0.4) is 0 Å². The fraction of sp³-hybridized carbons (Fsp3) is 0.348. The van der Waals surface area contributed by atoms with E-state index in [1.807, 2.05) is 13.8 Å². The van der Waals surface area contributed by atoms with Gasteiger partial charge in [0.15, 0.2) is 18.1 Å². The fourth-order valence-corrected chi connectivity index (χ4v) is 4.40. The van der Waals surface area contributed by atoms with Gasteiger partial charge >= 0.3 is 5.69 Å². The number of halogens is 3. The first kappa shape index (κ1) is 26.8. The van der Waals surface area contributed by atoms with Gasteiger partial charge in [0, 0.05) is 26.2 Å². The summed E-state index contributed by atoms with van der Waals surface area (Å²) in [5.74, 6) is 0.00135. The van der Waals surface area contributed by atoms with E-state index in [1.165, 1.54) is 25.9 Å². The minimum atomic E-state index is -0.490. The molecule has 0 fully saturated rings. The minimum Gasteiger partial charge on any atom is -0.466 e. The molecule has 1 aromatic carbocycles. The van der Waals surface area contributed by atoms with Crippen molar-refractivity contribution in [2.45, 2.75) is 39.8 Å². The summed E-state index contributed by atoms with van der Waals surface area (Å²) in [6, 6.07) is 4.62. The number of rotatable bonds is 9. The molecule has 4 aromatic rings. The molecule has 196 valence electrons. The van der Waals surface area contributed by atoms with Gasteiger partial charge in [-0.25, -0.2) is 9.78 Å². The minimum absolute atomic E-state index is 0.118. The van der Waals surface area contributed by atoms with E-state index < -0.39 is 11.5 Å². The zero-order valence-electron chi connectivity index (χ0n) is 20.3. The van der Waals surface area contributed by atoms with Gasteiger partial charge in [0.1, 0.15) is 11.2 Å². The molecule has 0 saturated heterocycles. The van der Waals surface area contributed by atoms with Gasteiger partial charge in [-0.2, -0.15) is 0 Å². The van der Waals surface area contributed by atoms with E-state index >= 15 is 0 Å². The monoisotopic (exact) mass is 567 g/mol. The number of ether oxygens (including phenoxy) is 1. The van der Waals surface area contributed by atoms with Crippen LogP contribution in [0.4, 0.5) is 5.69 Å². The van der Waals surface area contributed by atoms with Crippen LogP contribution in [0.25, 0.3) is 22.7 Å². The smallest absolute Gasteiger partial charge is 0.332 e. The zero-order valence-corrected chi connectivity index (χ0v) is 22.5. The molecular formula is C23H24Cl3N7O4. The van der Waals surface area contributed by atoms with Gasteiger partial charge in [-0.1, -0.05) is 48.7 Å². The summed E-state index contributed by atoms with van der Waals surface area (Å²) in [7, 11) is 1.67. The first-order valence-electron chi connectivity index (χ1n) is 11.5. The Balaban J connectivity index is 1.58. The van der Waals surface area contributed by atoms with Crippen LogP contribution in [0.2, 0.25) is 15.1 Å². The highest BCUT2D eigenvalue weighted by molar-refractivity contribution is 6.49. The molecule has 4 rings (SSSR count). The molecule has 37 heavy (non-hydrogen) atoms. The maximum Gasteiger partial charge on any atom is 0.332 e. The predicted molar refractivity (Wildman–Crippen MR) is 143 cm³/mol. The summed E-state index contributed by atoms with van der Waals surface area (Å²) in [4.78, 5) is 45.8. The van der Waals surface area contributed by atoms with Crippen molar-refractivity contribution in [3.8, 4) is 17.4 Å². The van der Waals surface area contributed by atoms with Crippen LogP contribution in [-0.2, 0) is 24.9 Å². The van der Waals surface area contributed by atoms with Crippen LogP contribution in [0.15, 0.2) is 27.8 Å². The molecule has 0 spiro atoms. The molecule has 0 aliphatic carbocycles. The van der Waals surface area contributed by atoms with E-state index in [2.05, 4.69) is 20.4 Å². The maximum absolute atomic E-state index is 13.0. The average molecular weight is 569 g/mol. The molecule has 0 radical (unpaired) electrons. The Morgan fingerprint density at radius 2 is 1.78 bits per heavy atom. The average Bonchev–Trinajstić information content (AvgIpc) is 3.47. The predicted octanol–water partition coefficient (Wildman–Crippen LogP) is 4.08. The first-order valence-corrected chi connectivity index (χ1v) is 12.6. The van der Waals surface area contributed by atoms with Crippen molar-refractivity contribution >= 4 is 57.6 Å². The number of amides is 1. The first-order chi connectivity index (χ1) is 17.7. The molecule has 1 amide bonds. The van der Waals surface area contributed by atoms with E-state index in [-0.39, 0.29) is 44.4 Å². The third kappa shape index (κ3) is 5.25. The van der Waals surface area contributed by atoms with Gasteiger partial charge in [0.2, 0.25) is 5.88 Å². The lowest BCUT2D eigenvalue weighted by molar-refractivity contribution is -0.118. The number of nitrogens with zero attached hydrogens (tertiary/aromatic N) is 5. The Bertz CT molecular complexity index is 1600. The topological polar surface area (TPSA) is 129 Å². The molecule has 0 aliphatic rings. The summed E-state index contributed by atoms with van der Waals surface area (Å²) in [6.45, 7) is 4.21. The van der Waals surface area contributed by atoms with Gasteiger partial charge in [0.05, 0.1) is 20.8 Å². The lowest BCUT2D eigenvalue weighted by atomic mass is 10.3. The van der Waals surface area contributed by atoms with Crippen LogP contribution >= 0.6 is 34.8 Å². The number of anilines is 1. The van der Waals surface area contributed by atoms with Crippen molar-refractivity contribution in [3.63, 3.8) is 0 Å². The Labute approximate surface area is 225 Å². The molecule has 0 aliphatic heterocycles. The highest BCUT2D eigenvalue weighted by atomic mass is 35.5. The molecule has 0 bridgehead atoms. The molecule has 11 nitrogen and oxygen atoms in total. The molecule has 14 heteroatoms. The van der Waals surface area contributed by atoms with Crippen LogP contribution in [0, 0.1) is 0 Å². The number of aromatic nitrogens is 6. The van der Waals surface area contributed by atoms with Crippen LogP contribution < -0.4 is 21.3 Å². The van der Waals surface area contributed by atoms with Crippen molar-refractivity contribution < 1.29 is 9.53 Å². The van der Waals surface area contributed by atoms with Crippen molar-refractivity contribution in [2.75, 3.05) is 11.9 Å². The van der Waals surface area contributed by atoms with Gasteiger partial charge < -0.3 is 15.0 Å². The zero-order chi connectivity index (χ0) is 26.9. The number of imidazole rings is 1. The van der Waals surface area contributed by atoms with E-state index in [9.17, 15) is 14.4 Å². The van der Waals surface area contributed by atoms with E-state index in [4.69, 9.17) is 39.5 Å². The molecule has 3 aromatic heterocycles. The Morgan fingerprint density at radius 3 is 2.49 bits per heavy atom. The second-order valence-corrected chi connectivity index (χ2v) is 9.39. The summed E-state index contributed by atoms with van der Waals surface area (Å²) in [5.41, 5.74) is 0.487. The van der Waals surface area contributed by atoms with E-state index in [0.29, 0.717) is 43.1 Å². The lowest BCUT2D eigenvalue weighted by Crippen LogP contribution is -2.40. The van der Waals surface area contributed by atoms with E-state index in [0.717, 1.165) is 0 Å². The summed E-state index contributed by atoms with van der Waals surface area (Å²) < 4.78 is 9.75. The van der Waals surface area contributed by atoms with Crippen LogP contribution in [-0.4, -0.2) is 41.4 Å². The molecule has 2 N–H and O–H groups in total.